The van der Waals surface area contributed by atoms with Gasteiger partial charge in [0.2, 0.25) is 5.91 Å². The maximum absolute atomic E-state index is 13.4. The quantitative estimate of drug-likeness (QED) is 0.875. The third kappa shape index (κ3) is 4.02. The highest BCUT2D eigenvalue weighted by atomic mass is 19.1. The lowest BCUT2D eigenvalue weighted by Crippen LogP contribution is -2.53. The van der Waals surface area contributed by atoms with Crippen molar-refractivity contribution >= 4 is 17.3 Å². The van der Waals surface area contributed by atoms with Crippen LogP contribution in [0.1, 0.15) is 12.8 Å². The van der Waals surface area contributed by atoms with Crippen LogP contribution in [0.5, 0.6) is 5.75 Å². The molecule has 1 aliphatic rings. The molecule has 0 radical (unpaired) electrons. The van der Waals surface area contributed by atoms with Crippen LogP contribution in [0.3, 0.4) is 0 Å². The molecule has 3 rings (SSSR count). The number of benzene rings is 2. The first-order valence-electron chi connectivity index (χ1n) is 8.38. The first-order chi connectivity index (χ1) is 12.0. The van der Waals surface area contributed by atoms with Gasteiger partial charge in [0.05, 0.1) is 0 Å². The van der Waals surface area contributed by atoms with E-state index in [-0.39, 0.29) is 24.1 Å². The van der Waals surface area contributed by atoms with Gasteiger partial charge >= 0.3 is 0 Å². The molecule has 0 aliphatic carbocycles. The van der Waals surface area contributed by atoms with E-state index in [1.165, 1.54) is 12.1 Å². The van der Waals surface area contributed by atoms with Crippen LogP contribution in [0.25, 0.3) is 0 Å². The molecule has 1 saturated heterocycles. The Balaban J connectivity index is 1.82. The third-order valence-electron chi connectivity index (χ3n) is 4.59. The summed E-state index contributed by atoms with van der Waals surface area (Å²) in [4.78, 5) is 15.6. The monoisotopic (exact) mass is 343 g/mol. The Morgan fingerprint density at radius 3 is 2.60 bits per heavy atom. The summed E-state index contributed by atoms with van der Waals surface area (Å²) in [5.41, 5.74) is 7.21. The predicted octanol–water partition coefficient (Wildman–Crippen LogP) is 2.49. The number of primary amides is 1. The zero-order chi connectivity index (χ0) is 17.8. The van der Waals surface area contributed by atoms with Crippen LogP contribution in [0, 0.1) is 5.82 Å². The minimum absolute atomic E-state index is 0.0475. The van der Waals surface area contributed by atoms with Crippen LogP contribution in [0.2, 0.25) is 0 Å². The van der Waals surface area contributed by atoms with E-state index >= 15 is 0 Å². The van der Waals surface area contributed by atoms with Gasteiger partial charge in [-0.15, -0.1) is 0 Å². The van der Waals surface area contributed by atoms with Crippen molar-refractivity contribution in [3.8, 4) is 5.75 Å². The van der Waals surface area contributed by atoms with Gasteiger partial charge in [-0.3, -0.25) is 4.79 Å². The van der Waals surface area contributed by atoms with Gasteiger partial charge in [0.25, 0.3) is 0 Å². The molecule has 0 aromatic heterocycles. The maximum atomic E-state index is 13.4. The number of nitrogens with two attached hydrogens (primary N) is 1. The van der Waals surface area contributed by atoms with Crippen LogP contribution >= 0.6 is 0 Å². The highest BCUT2D eigenvalue weighted by Crippen LogP contribution is 2.29. The lowest BCUT2D eigenvalue weighted by atomic mass is 10.0. The van der Waals surface area contributed by atoms with Crippen molar-refractivity contribution in [1.29, 1.82) is 0 Å². The Morgan fingerprint density at radius 2 is 1.92 bits per heavy atom. The van der Waals surface area contributed by atoms with Gasteiger partial charge in [0.1, 0.15) is 0 Å². The summed E-state index contributed by atoms with van der Waals surface area (Å²) in [5, 5.41) is 9.68. The van der Waals surface area contributed by atoms with Crippen LogP contribution in [0.15, 0.2) is 48.5 Å². The Hall–Kier alpha value is -2.76. The molecule has 25 heavy (non-hydrogen) atoms. The fraction of sp³-hybridized carbons (Fsp3) is 0.316. The fourth-order valence-electron chi connectivity index (χ4n) is 3.30. The fourth-order valence-corrected chi connectivity index (χ4v) is 3.30. The zero-order valence-electron chi connectivity index (χ0n) is 13.9. The standard InChI is InChI=1S/C19H22FN3O2/c20-17-8-6-15(12-18(17)24)23-11-10-22(14-4-2-1-3-5-14)13-16(23)7-9-19(21)25/h1-6,8,12,16,24H,7,9-11,13H2,(H2,21,25). The van der Waals surface area contributed by atoms with E-state index in [1.807, 2.05) is 18.2 Å². The van der Waals surface area contributed by atoms with Crippen molar-refractivity contribution in [2.75, 3.05) is 29.4 Å². The van der Waals surface area contributed by atoms with E-state index in [9.17, 15) is 14.3 Å². The number of amides is 1. The van der Waals surface area contributed by atoms with E-state index in [1.54, 1.807) is 6.07 Å². The lowest BCUT2D eigenvalue weighted by Gasteiger charge is -2.44. The van der Waals surface area contributed by atoms with Gasteiger partial charge in [0, 0.05) is 49.5 Å². The average molecular weight is 343 g/mol. The molecule has 3 N–H and O–H groups in total. The summed E-state index contributed by atoms with van der Waals surface area (Å²) in [6.45, 7) is 2.24. The summed E-state index contributed by atoms with van der Waals surface area (Å²) < 4.78 is 13.4. The van der Waals surface area contributed by atoms with E-state index in [2.05, 4.69) is 21.9 Å². The number of carbonyl (C=O) groups excluding carboxylic acids is 1. The molecule has 0 spiro atoms. The van der Waals surface area contributed by atoms with Gasteiger partial charge in [-0.1, -0.05) is 18.2 Å². The third-order valence-corrected chi connectivity index (χ3v) is 4.59. The lowest BCUT2D eigenvalue weighted by molar-refractivity contribution is -0.118. The molecule has 6 heteroatoms. The molecular weight excluding hydrogens is 321 g/mol. The molecule has 0 saturated carbocycles. The first kappa shape index (κ1) is 17.1. The average Bonchev–Trinajstić information content (AvgIpc) is 2.63. The Labute approximate surface area is 146 Å². The Morgan fingerprint density at radius 1 is 1.16 bits per heavy atom. The molecule has 1 fully saturated rings. The molecule has 5 nitrogen and oxygen atoms in total. The van der Waals surface area contributed by atoms with E-state index < -0.39 is 5.82 Å². The van der Waals surface area contributed by atoms with Crippen molar-refractivity contribution in [1.82, 2.24) is 0 Å². The summed E-state index contributed by atoms with van der Waals surface area (Å²) >= 11 is 0. The van der Waals surface area contributed by atoms with Crippen LogP contribution in [0.4, 0.5) is 15.8 Å². The van der Waals surface area contributed by atoms with Gasteiger partial charge in [-0.25, -0.2) is 4.39 Å². The molecule has 2 aromatic rings. The minimum atomic E-state index is -0.639. The number of hydrogen-bond donors (Lipinski definition) is 2. The van der Waals surface area contributed by atoms with Crippen molar-refractivity contribution in [3.05, 3.63) is 54.3 Å². The van der Waals surface area contributed by atoms with Crippen LogP contribution in [-0.4, -0.2) is 36.7 Å². The SMILES string of the molecule is NC(=O)CCC1CN(c2ccccc2)CCN1c1ccc(F)c(O)c1. The molecular formula is C19H22FN3O2. The Bertz CT molecular complexity index is 739. The summed E-state index contributed by atoms with van der Waals surface area (Å²) in [5.74, 6) is -1.34. The molecule has 2 aromatic carbocycles. The smallest absolute Gasteiger partial charge is 0.217 e. The maximum Gasteiger partial charge on any atom is 0.217 e. The number of hydrogen-bond acceptors (Lipinski definition) is 4. The number of carbonyl (C=O) groups is 1. The highest BCUT2D eigenvalue weighted by Gasteiger charge is 2.28. The second-order valence-corrected chi connectivity index (χ2v) is 6.27. The summed E-state index contributed by atoms with van der Waals surface area (Å²) in [7, 11) is 0. The van der Waals surface area contributed by atoms with E-state index in [4.69, 9.17) is 5.73 Å². The second kappa shape index (κ2) is 7.42. The highest BCUT2D eigenvalue weighted by molar-refractivity contribution is 5.73. The van der Waals surface area contributed by atoms with Crippen LogP contribution in [-0.2, 0) is 4.79 Å². The molecule has 1 atom stereocenters. The number of halogens is 1. The van der Waals surface area contributed by atoms with E-state index in [0.29, 0.717) is 13.0 Å². The zero-order valence-corrected chi connectivity index (χ0v) is 13.9. The molecule has 1 aliphatic heterocycles. The number of aromatic hydroxyl groups is 1. The number of nitrogens with zero attached hydrogens (tertiary/aromatic N) is 2. The van der Waals surface area contributed by atoms with Crippen LogP contribution < -0.4 is 15.5 Å². The van der Waals surface area contributed by atoms with E-state index in [0.717, 1.165) is 24.5 Å². The number of rotatable bonds is 5. The predicted molar refractivity (Wildman–Crippen MR) is 96.3 cm³/mol. The minimum Gasteiger partial charge on any atom is -0.505 e. The largest absolute Gasteiger partial charge is 0.505 e. The van der Waals surface area contributed by atoms with Gasteiger partial charge in [-0.05, 0) is 30.7 Å². The number of para-hydroxylation sites is 1. The van der Waals surface area contributed by atoms with Crippen molar-refractivity contribution < 1.29 is 14.3 Å². The first-order valence-corrected chi connectivity index (χ1v) is 8.38. The second-order valence-electron chi connectivity index (χ2n) is 6.27. The topological polar surface area (TPSA) is 69.8 Å². The van der Waals surface area contributed by atoms with Gasteiger partial charge in [-0.2, -0.15) is 0 Å². The normalized spacial score (nSPS) is 17.6. The van der Waals surface area contributed by atoms with Crippen molar-refractivity contribution in [2.45, 2.75) is 18.9 Å². The number of piperazine rings is 1. The molecule has 1 heterocycles. The number of anilines is 2. The van der Waals surface area contributed by atoms with Crippen molar-refractivity contribution in [3.63, 3.8) is 0 Å². The van der Waals surface area contributed by atoms with Gasteiger partial charge < -0.3 is 20.6 Å². The molecule has 1 amide bonds. The molecule has 132 valence electrons. The van der Waals surface area contributed by atoms with Gasteiger partial charge in [0.15, 0.2) is 11.6 Å². The number of phenols is 1. The molecule has 1 unspecified atom stereocenters. The summed E-state index contributed by atoms with van der Waals surface area (Å²) in [6, 6.07) is 14.5. The Kier molecular flexibility index (Phi) is 5.07. The molecule has 0 bridgehead atoms. The summed E-state index contributed by atoms with van der Waals surface area (Å²) in [6.07, 6.45) is 0.897. The van der Waals surface area contributed by atoms with Crippen molar-refractivity contribution in [2.24, 2.45) is 5.73 Å². The number of phenolic OH excluding ortho intramolecular Hbond substituents is 1.